The van der Waals surface area contributed by atoms with Gasteiger partial charge in [-0.1, -0.05) is 37.3 Å². The van der Waals surface area contributed by atoms with Crippen LogP contribution in [0.15, 0.2) is 53.4 Å². The maximum absolute atomic E-state index is 12.3. The highest BCUT2D eigenvalue weighted by molar-refractivity contribution is 7.86. The van der Waals surface area contributed by atoms with E-state index in [1.165, 1.54) is 6.07 Å². The summed E-state index contributed by atoms with van der Waals surface area (Å²) < 4.78 is 41.2. The van der Waals surface area contributed by atoms with E-state index in [4.69, 9.17) is 4.74 Å². The molecule has 136 valence electrons. The van der Waals surface area contributed by atoms with Crippen molar-refractivity contribution in [2.24, 2.45) is 5.41 Å². The summed E-state index contributed by atoms with van der Waals surface area (Å²) in [5.74, 6) is -0.198. The number of benzene rings is 3. The van der Waals surface area contributed by atoms with Crippen molar-refractivity contribution in [3.63, 3.8) is 0 Å². The van der Waals surface area contributed by atoms with Crippen molar-refractivity contribution in [3.8, 4) is 5.75 Å². The highest BCUT2D eigenvalue weighted by Gasteiger charge is 2.27. The van der Waals surface area contributed by atoms with Crippen molar-refractivity contribution < 1.29 is 22.5 Å². The van der Waals surface area contributed by atoms with Gasteiger partial charge in [-0.3, -0.25) is 4.79 Å². The number of ether oxygens (including phenoxy) is 1. The summed E-state index contributed by atoms with van der Waals surface area (Å²) in [5.41, 5.74) is -0.661. The SMILES string of the molecule is CCC(C)(C)C(=O)Oc1ccc2cc3ccccc3c(S(=O)(=O)[O-])c2c1. The maximum Gasteiger partial charge on any atom is 0.316 e. The average Bonchev–Trinajstić information content (AvgIpc) is 2.58. The molecule has 0 saturated heterocycles. The Hall–Kier alpha value is -2.44. The van der Waals surface area contributed by atoms with Gasteiger partial charge in [-0.25, -0.2) is 8.42 Å². The molecule has 26 heavy (non-hydrogen) atoms. The van der Waals surface area contributed by atoms with Gasteiger partial charge in [-0.05, 0) is 54.6 Å². The molecule has 0 amide bonds. The summed E-state index contributed by atoms with van der Waals surface area (Å²) in [7, 11) is -4.72. The van der Waals surface area contributed by atoms with Gasteiger partial charge in [0.1, 0.15) is 15.9 Å². The Morgan fingerprint density at radius 2 is 1.69 bits per heavy atom. The Kier molecular flexibility index (Phi) is 4.50. The normalized spacial score (nSPS) is 12.5. The van der Waals surface area contributed by atoms with Crippen LogP contribution in [0, 0.1) is 5.41 Å². The van der Waals surface area contributed by atoms with E-state index in [9.17, 15) is 17.8 Å². The van der Waals surface area contributed by atoms with Crippen LogP contribution in [0.5, 0.6) is 5.75 Å². The van der Waals surface area contributed by atoms with Crippen LogP contribution in [0.3, 0.4) is 0 Å². The Balaban J connectivity index is 2.23. The lowest BCUT2D eigenvalue weighted by molar-refractivity contribution is -0.144. The predicted molar refractivity (Wildman–Crippen MR) is 99.1 cm³/mol. The Morgan fingerprint density at radius 3 is 2.35 bits per heavy atom. The molecule has 0 radical (unpaired) electrons. The second kappa shape index (κ2) is 6.37. The Labute approximate surface area is 152 Å². The molecular formula is C20H19O5S-. The first kappa shape index (κ1) is 18.4. The first-order valence-electron chi connectivity index (χ1n) is 8.27. The molecular weight excluding hydrogens is 352 g/mol. The van der Waals surface area contributed by atoms with Gasteiger partial charge in [0.2, 0.25) is 0 Å². The van der Waals surface area contributed by atoms with Crippen LogP contribution in [0.1, 0.15) is 27.2 Å². The fourth-order valence-electron chi connectivity index (χ4n) is 2.72. The maximum atomic E-state index is 12.3. The molecule has 0 aliphatic heterocycles. The van der Waals surface area contributed by atoms with Crippen LogP contribution >= 0.6 is 0 Å². The second-order valence-corrected chi connectivity index (χ2v) is 8.21. The number of rotatable bonds is 4. The van der Waals surface area contributed by atoms with Crippen molar-refractivity contribution in [2.45, 2.75) is 32.1 Å². The van der Waals surface area contributed by atoms with Gasteiger partial charge in [0.15, 0.2) is 0 Å². The molecule has 0 aliphatic carbocycles. The molecule has 0 unspecified atom stereocenters. The van der Waals surface area contributed by atoms with Gasteiger partial charge >= 0.3 is 5.97 Å². The van der Waals surface area contributed by atoms with Gasteiger partial charge in [0.25, 0.3) is 0 Å². The second-order valence-electron chi connectivity index (χ2n) is 6.89. The molecule has 0 bridgehead atoms. The van der Waals surface area contributed by atoms with Crippen LogP contribution in [-0.4, -0.2) is 18.9 Å². The first-order chi connectivity index (χ1) is 12.1. The Bertz CT molecular complexity index is 1110. The summed E-state index contributed by atoms with van der Waals surface area (Å²) in [4.78, 5) is 12.0. The molecule has 0 saturated carbocycles. The monoisotopic (exact) mass is 371 g/mol. The summed E-state index contributed by atoms with van der Waals surface area (Å²) in [6.07, 6.45) is 0.601. The summed E-state index contributed by atoms with van der Waals surface area (Å²) in [6.45, 7) is 5.44. The quantitative estimate of drug-likeness (QED) is 0.296. The fraction of sp³-hybridized carbons (Fsp3) is 0.250. The highest BCUT2D eigenvalue weighted by atomic mass is 32.2. The summed E-state index contributed by atoms with van der Waals surface area (Å²) >= 11 is 0. The third-order valence-electron chi connectivity index (χ3n) is 4.68. The lowest BCUT2D eigenvalue weighted by atomic mass is 9.91. The zero-order chi connectivity index (χ0) is 19.1. The molecule has 0 atom stereocenters. The molecule has 0 fully saturated rings. The molecule has 5 nitrogen and oxygen atoms in total. The van der Waals surface area contributed by atoms with E-state index in [0.717, 1.165) is 0 Å². The van der Waals surface area contributed by atoms with E-state index >= 15 is 0 Å². The van der Waals surface area contributed by atoms with Crippen LogP contribution in [0.4, 0.5) is 0 Å². The van der Waals surface area contributed by atoms with E-state index in [1.807, 2.05) is 6.92 Å². The summed E-state index contributed by atoms with van der Waals surface area (Å²) in [6, 6.07) is 13.3. The lowest BCUT2D eigenvalue weighted by Gasteiger charge is -2.20. The van der Waals surface area contributed by atoms with Crippen molar-refractivity contribution in [1.82, 2.24) is 0 Å². The smallest absolute Gasteiger partial charge is 0.316 e. The van der Waals surface area contributed by atoms with E-state index < -0.39 is 21.5 Å². The van der Waals surface area contributed by atoms with Crippen molar-refractivity contribution in [2.75, 3.05) is 0 Å². The number of hydrogen-bond acceptors (Lipinski definition) is 5. The zero-order valence-corrected chi connectivity index (χ0v) is 15.6. The molecule has 0 aromatic heterocycles. The molecule has 3 aromatic rings. The fourth-order valence-corrected chi connectivity index (χ4v) is 3.62. The number of hydrogen-bond donors (Lipinski definition) is 0. The minimum absolute atomic E-state index is 0.212. The van der Waals surface area contributed by atoms with Crippen LogP contribution < -0.4 is 4.74 Å². The first-order valence-corrected chi connectivity index (χ1v) is 9.68. The van der Waals surface area contributed by atoms with Crippen LogP contribution in [0.2, 0.25) is 0 Å². The van der Waals surface area contributed by atoms with Crippen molar-refractivity contribution >= 4 is 37.6 Å². The zero-order valence-electron chi connectivity index (χ0n) is 14.8. The number of carbonyl (C=O) groups is 1. The largest absolute Gasteiger partial charge is 0.744 e. The van der Waals surface area contributed by atoms with E-state index in [2.05, 4.69) is 0 Å². The number of fused-ring (bicyclic) bond motifs is 2. The molecule has 3 rings (SSSR count). The van der Waals surface area contributed by atoms with Crippen molar-refractivity contribution in [1.29, 1.82) is 0 Å². The van der Waals surface area contributed by atoms with Crippen LogP contribution in [-0.2, 0) is 14.9 Å². The van der Waals surface area contributed by atoms with E-state index in [1.54, 1.807) is 56.3 Å². The standard InChI is InChI=1S/C20H20O5S/c1-4-20(2,3)19(21)25-15-10-9-14-11-13-7-5-6-8-16(13)18(17(14)12-15)26(22,23)24/h5-12H,4H2,1-3H3,(H,22,23,24)/p-1. The molecule has 3 aromatic carbocycles. The minimum atomic E-state index is -4.72. The van der Waals surface area contributed by atoms with Gasteiger partial charge in [-0.15, -0.1) is 0 Å². The van der Waals surface area contributed by atoms with E-state index in [0.29, 0.717) is 22.6 Å². The number of carbonyl (C=O) groups excluding carboxylic acids is 1. The molecule has 0 spiro atoms. The van der Waals surface area contributed by atoms with Gasteiger partial charge in [0.05, 0.1) is 10.3 Å². The average molecular weight is 371 g/mol. The minimum Gasteiger partial charge on any atom is -0.744 e. The van der Waals surface area contributed by atoms with Gasteiger partial charge in [0, 0.05) is 5.39 Å². The highest BCUT2D eigenvalue weighted by Crippen LogP contribution is 2.34. The van der Waals surface area contributed by atoms with E-state index in [-0.39, 0.29) is 16.0 Å². The van der Waals surface area contributed by atoms with Gasteiger partial charge in [-0.2, -0.15) is 0 Å². The lowest BCUT2D eigenvalue weighted by Crippen LogP contribution is -2.28. The third-order valence-corrected chi connectivity index (χ3v) is 5.62. The number of esters is 1. The van der Waals surface area contributed by atoms with Crippen LogP contribution in [0.25, 0.3) is 21.5 Å². The molecule has 0 aliphatic rings. The van der Waals surface area contributed by atoms with Crippen molar-refractivity contribution in [3.05, 3.63) is 48.5 Å². The predicted octanol–water partition coefficient (Wildman–Crippen LogP) is 4.24. The third kappa shape index (κ3) is 3.30. The van der Waals surface area contributed by atoms with Gasteiger partial charge < -0.3 is 9.29 Å². The summed E-state index contributed by atoms with van der Waals surface area (Å²) in [5, 5.41) is 1.85. The molecule has 6 heteroatoms. The molecule has 0 N–H and O–H groups in total. The Morgan fingerprint density at radius 1 is 1.04 bits per heavy atom. The molecule has 0 heterocycles. The topological polar surface area (TPSA) is 83.5 Å².